The number of nitrogens with one attached hydrogen (secondary N) is 1. The van der Waals surface area contributed by atoms with Gasteiger partial charge in [-0.3, -0.25) is 14.3 Å². The normalized spacial score (nSPS) is 16.1. The molecule has 1 amide bonds. The maximum Gasteiger partial charge on any atom is 0.417 e. The van der Waals surface area contributed by atoms with E-state index in [1.54, 1.807) is 13.0 Å². The third-order valence-corrected chi connectivity index (χ3v) is 7.41. The number of hydrogen-bond acceptors (Lipinski definition) is 4. The Balaban J connectivity index is 1.65. The minimum absolute atomic E-state index is 0.0596. The molecule has 0 aromatic heterocycles. The maximum absolute atomic E-state index is 15.5. The summed E-state index contributed by atoms with van der Waals surface area (Å²) >= 11 is 0. The summed E-state index contributed by atoms with van der Waals surface area (Å²) in [6.45, 7) is 1.64. The van der Waals surface area contributed by atoms with Crippen LogP contribution in [0.2, 0.25) is 0 Å². The first-order valence-electron chi connectivity index (χ1n) is 12.7. The molecule has 0 bridgehead atoms. The molecule has 1 N–H and O–H groups in total. The molecule has 0 radical (unpaired) electrons. The van der Waals surface area contributed by atoms with Crippen molar-refractivity contribution in [3.05, 3.63) is 82.9 Å². The summed E-state index contributed by atoms with van der Waals surface area (Å²) in [5.41, 5.74) is -2.00. The van der Waals surface area contributed by atoms with Crippen LogP contribution >= 0.6 is 0 Å². The quantitative estimate of drug-likeness (QED) is 0.312. The molecule has 41 heavy (non-hydrogen) atoms. The first-order chi connectivity index (χ1) is 19.1. The number of Topliss-reactive ketones (excluding diaryl/α,β-unsaturated/α-hetero) is 1. The number of hydrogen-bond donors (Lipinski definition) is 1. The lowest BCUT2D eigenvalue weighted by Gasteiger charge is -2.33. The van der Waals surface area contributed by atoms with Gasteiger partial charge in [-0.05, 0) is 60.7 Å². The number of piperidine rings is 1. The molecule has 1 aliphatic heterocycles. The van der Waals surface area contributed by atoms with Gasteiger partial charge in [-0.25, -0.2) is 17.2 Å². The van der Waals surface area contributed by atoms with Gasteiger partial charge in [0.15, 0.2) is 0 Å². The number of aryl methyl sites for hydroxylation is 1. The highest BCUT2D eigenvalue weighted by Gasteiger charge is 2.38. The van der Waals surface area contributed by atoms with Crippen molar-refractivity contribution in [3.63, 3.8) is 0 Å². The molecule has 6 nitrogen and oxygen atoms in total. The number of alkyl halides is 3. The van der Waals surface area contributed by atoms with E-state index in [1.165, 1.54) is 36.4 Å². The van der Waals surface area contributed by atoms with Crippen LogP contribution in [0.15, 0.2) is 54.6 Å². The number of para-hydroxylation sites is 1. The van der Waals surface area contributed by atoms with E-state index in [-0.39, 0.29) is 42.6 Å². The monoisotopic (exact) mass is 594 g/mol. The predicted octanol–water partition coefficient (Wildman–Crippen LogP) is 6.28. The van der Waals surface area contributed by atoms with Crippen LogP contribution in [0.25, 0.3) is 11.1 Å². The molecule has 0 spiro atoms. The van der Waals surface area contributed by atoms with Crippen molar-refractivity contribution in [2.75, 3.05) is 22.4 Å². The predicted molar refractivity (Wildman–Crippen MR) is 145 cm³/mol. The van der Waals surface area contributed by atoms with Gasteiger partial charge in [-0.2, -0.15) is 13.2 Å². The topological polar surface area (TPSA) is 83.6 Å². The standard InChI is InChI=1S/C29H27F5N2O4S/c1-17-9-10-18(24(30)12-17)13-20(37)14-19-6-5-11-36(28(19)38)27-16-23(29(32,33)34)22(15-25(27)31)21-7-3-4-8-26(21)35-41(2,39)40/h3-4,7-10,12,15-16,19,35H,5-6,11,13-14H2,1-2H3/t19-/m0/s1. The van der Waals surface area contributed by atoms with E-state index in [4.69, 9.17) is 0 Å². The number of sulfonamides is 1. The first kappa shape index (κ1) is 30.2. The van der Waals surface area contributed by atoms with Gasteiger partial charge in [0.2, 0.25) is 15.9 Å². The van der Waals surface area contributed by atoms with Gasteiger partial charge in [0.25, 0.3) is 0 Å². The molecule has 1 aliphatic rings. The number of amides is 1. The van der Waals surface area contributed by atoms with Gasteiger partial charge in [0.1, 0.15) is 17.4 Å². The third kappa shape index (κ3) is 7.10. The Morgan fingerprint density at radius 2 is 1.73 bits per heavy atom. The highest BCUT2D eigenvalue weighted by Crippen LogP contribution is 2.43. The maximum atomic E-state index is 15.5. The molecule has 1 fully saturated rings. The van der Waals surface area contributed by atoms with E-state index in [0.717, 1.165) is 11.2 Å². The summed E-state index contributed by atoms with van der Waals surface area (Å²) in [6, 6.07) is 10.9. The van der Waals surface area contributed by atoms with Crippen molar-refractivity contribution >= 4 is 33.1 Å². The second kappa shape index (κ2) is 11.6. The fraction of sp³-hybridized carbons (Fsp3) is 0.310. The van der Waals surface area contributed by atoms with Crippen LogP contribution in [0.1, 0.15) is 36.0 Å². The minimum atomic E-state index is -4.98. The van der Waals surface area contributed by atoms with Crippen LogP contribution < -0.4 is 9.62 Å². The van der Waals surface area contributed by atoms with E-state index < -0.39 is 62.3 Å². The minimum Gasteiger partial charge on any atom is -0.309 e. The number of halogens is 5. The molecule has 0 aliphatic carbocycles. The molecule has 1 saturated heterocycles. The van der Waals surface area contributed by atoms with Gasteiger partial charge in [0.05, 0.1) is 23.2 Å². The van der Waals surface area contributed by atoms with Crippen molar-refractivity contribution in [3.8, 4) is 11.1 Å². The molecular weight excluding hydrogens is 567 g/mol. The number of rotatable bonds is 8. The van der Waals surface area contributed by atoms with Crippen LogP contribution in [-0.4, -0.2) is 32.9 Å². The van der Waals surface area contributed by atoms with Crippen LogP contribution in [0.5, 0.6) is 0 Å². The zero-order valence-corrected chi connectivity index (χ0v) is 23.0. The van der Waals surface area contributed by atoms with Gasteiger partial charge in [0, 0.05) is 30.9 Å². The zero-order chi connectivity index (χ0) is 30.1. The molecule has 4 rings (SSSR count). The Morgan fingerprint density at radius 1 is 1.02 bits per heavy atom. The van der Waals surface area contributed by atoms with Crippen molar-refractivity contribution in [1.82, 2.24) is 0 Å². The van der Waals surface area contributed by atoms with Crippen molar-refractivity contribution < 1.29 is 40.0 Å². The molecule has 218 valence electrons. The Morgan fingerprint density at radius 3 is 2.39 bits per heavy atom. The lowest BCUT2D eigenvalue weighted by atomic mass is 9.89. The lowest BCUT2D eigenvalue weighted by molar-refractivity contribution is -0.137. The number of benzene rings is 3. The Bertz CT molecular complexity index is 1610. The molecule has 3 aromatic rings. The van der Waals surface area contributed by atoms with Crippen molar-refractivity contribution in [1.29, 1.82) is 0 Å². The highest BCUT2D eigenvalue weighted by atomic mass is 32.2. The number of carbonyl (C=O) groups is 2. The zero-order valence-electron chi connectivity index (χ0n) is 22.2. The SMILES string of the molecule is Cc1ccc(CC(=O)C[C@@H]2CCCN(c3cc(C(F)(F)F)c(-c4ccccc4NS(C)(=O)=O)cc3F)C2=O)c(F)c1. The second-order valence-corrected chi connectivity index (χ2v) is 11.9. The number of anilines is 2. The fourth-order valence-corrected chi connectivity index (χ4v) is 5.54. The van der Waals surface area contributed by atoms with E-state index in [0.29, 0.717) is 24.1 Å². The molecule has 12 heteroatoms. The molecule has 1 atom stereocenters. The number of ketones is 1. The van der Waals surface area contributed by atoms with Gasteiger partial charge < -0.3 is 4.90 Å². The second-order valence-electron chi connectivity index (χ2n) is 10.1. The van der Waals surface area contributed by atoms with Crippen LogP contribution in [0, 0.1) is 24.5 Å². The summed E-state index contributed by atoms with van der Waals surface area (Å²) in [4.78, 5) is 26.9. The summed E-state index contributed by atoms with van der Waals surface area (Å²) in [5.74, 6) is -3.70. The van der Waals surface area contributed by atoms with Gasteiger partial charge in [-0.15, -0.1) is 0 Å². The van der Waals surface area contributed by atoms with E-state index >= 15 is 4.39 Å². The average molecular weight is 595 g/mol. The van der Waals surface area contributed by atoms with E-state index in [9.17, 15) is 35.6 Å². The molecular formula is C29H27F5N2O4S. The smallest absolute Gasteiger partial charge is 0.309 e. The lowest BCUT2D eigenvalue weighted by Crippen LogP contribution is -2.42. The van der Waals surface area contributed by atoms with Gasteiger partial charge >= 0.3 is 6.18 Å². The van der Waals surface area contributed by atoms with Crippen molar-refractivity contribution in [2.24, 2.45) is 5.92 Å². The van der Waals surface area contributed by atoms with Crippen LogP contribution in [0.3, 0.4) is 0 Å². The largest absolute Gasteiger partial charge is 0.417 e. The Hall–Kier alpha value is -3.80. The summed E-state index contributed by atoms with van der Waals surface area (Å²) in [5, 5.41) is 0. The van der Waals surface area contributed by atoms with Crippen LogP contribution in [0.4, 0.5) is 33.3 Å². The highest BCUT2D eigenvalue weighted by molar-refractivity contribution is 7.92. The summed E-state index contributed by atoms with van der Waals surface area (Å²) in [7, 11) is -3.87. The molecule has 1 heterocycles. The molecule has 0 unspecified atom stereocenters. The Kier molecular flexibility index (Phi) is 8.53. The van der Waals surface area contributed by atoms with Gasteiger partial charge in [-0.1, -0.05) is 30.3 Å². The molecule has 0 saturated carbocycles. The van der Waals surface area contributed by atoms with E-state index in [2.05, 4.69) is 4.72 Å². The van der Waals surface area contributed by atoms with Crippen molar-refractivity contribution in [2.45, 2.75) is 38.8 Å². The Labute approximate surface area is 234 Å². The first-order valence-corrected chi connectivity index (χ1v) is 14.6. The number of nitrogens with zero attached hydrogens (tertiary/aromatic N) is 1. The average Bonchev–Trinajstić information content (AvgIpc) is 2.86. The summed E-state index contributed by atoms with van der Waals surface area (Å²) in [6.07, 6.45) is -4.09. The fourth-order valence-electron chi connectivity index (χ4n) is 4.97. The van der Waals surface area contributed by atoms with Crippen LogP contribution in [-0.2, 0) is 32.2 Å². The third-order valence-electron chi connectivity index (χ3n) is 6.82. The summed E-state index contributed by atoms with van der Waals surface area (Å²) < 4.78 is 98.1. The van der Waals surface area contributed by atoms with E-state index in [1.807, 2.05) is 0 Å². The molecule has 3 aromatic carbocycles. The number of carbonyl (C=O) groups excluding carboxylic acids is 2.